The fourth-order valence-electron chi connectivity index (χ4n) is 3.57. The number of nitrogens with zero attached hydrogens (tertiary/aromatic N) is 3. The van der Waals surface area contributed by atoms with Crippen LogP contribution in [-0.4, -0.2) is 31.5 Å². The van der Waals surface area contributed by atoms with Crippen LogP contribution in [0.1, 0.15) is 37.4 Å². The third kappa shape index (κ3) is 4.44. The molecule has 1 aliphatic rings. The first-order valence-corrected chi connectivity index (χ1v) is 11.2. The Hall–Kier alpha value is -3.26. The first-order valence-electron chi connectivity index (χ1n) is 10.2. The first kappa shape index (κ1) is 21.0. The molecule has 3 N–H and O–H groups in total. The van der Waals surface area contributed by atoms with Crippen LogP contribution >= 0.6 is 11.8 Å². The third-order valence-electron chi connectivity index (χ3n) is 5.00. The van der Waals surface area contributed by atoms with E-state index in [1.165, 1.54) is 0 Å². The second-order valence-corrected chi connectivity index (χ2v) is 8.55. The van der Waals surface area contributed by atoms with Crippen LogP contribution < -0.4 is 10.6 Å². The molecule has 3 aromatic rings. The zero-order valence-corrected chi connectivity index (χ0v) is 18.5. The molecular weight excluding hydrogens is 410 g/mol. The summed E-state index contributed by atoms with van der Waals surface area (Å²) >= 11 is 1.59. The van der Waals surface area contributed by atoms with Crippen molar-refractivity contribution in [2.24, 2.45) is 0 Å². The number of rotatable bonds is 6. The van der Waals surface area contributed by atoms with Gasteiger partial charge < -0.3 is 15.7 Å². The molecule has 160 valence electrons. The summed E-state index contributed by atoms with van der Waals surface area (Å²) in [4.78, 5) is 18.0. The molecule has 2 heterocycles. The summed E-state index contributed by atoms with van der Waals surface area (Å²) in [5.74, 6) is 1.47. The van der Waals surface area contributed by atoms with Gasteiger partial charge in [-0.15, -0.1) is 5.10 Å². The molecule has 0 radical (unpaired) electrons. The van der Waals surface area contributed by atoms with Gasteiger partial charge in [0.2, 0.25) is 11.1 Å². The number of aromatic nitrogens is 3. The number of nitrogens with one attached hydrogen (secondary N) is 2. The van der Waals surface area contributed by atoms with Crippen molar-refractivity contribution in [2.45, 2.75) is 38.4 Å². The molecule has 2 aromatic carbocycles. The SMILES string of the molecule is CCCSc1nc2n(n1)C(c1ccc(O)cc1)C(C(=O)Nc1cccc(C)c1)=C(C)N2. The molecule has 7 nitrogen and oxygen atoms in total. The molecule has 4 rings (SSSR count). The van der Waals surface area contributed by atoms with Crippen LogP contribution in [0.15, 0.2) is 65.0 Å². The molecular formula is C23H25N5O2S. The smallest absolute Gasteiger partial charge is 0.255 e. The highest BCUT2D eigenvalue weighted by Gasteiger charge is 2.34. The second-order valence-electron chi connectivity index (χ2n) is 7.49. The topological polar surface area (TPSA) is 92.1 Å². The molecule has 0 bridgehead atoms. The van der Waals surface area contributed by atoms with Crippen molar-refractivity contribution in [1.82, 2.24) is 14.8 Å². The highest BCUT2D eigenvalue weighted by molar-refractivity contribution is 7.99. The van der Waals surface area contributed by atoms with Gasteiger partial charge in [-0.05, 0) is 55.7 Å². The first-order chi connectivity index (χ1) is 15.0. The monoisotopic (exact) mass is 435 g/mol. The van der Waals surface area contributed by atoms with Crippen molar-refractivity contribution in [3.05, 3.63) is 70.9 Å². The number of aromatic hydroxyl groups is 1. The molecule has 0 aliphatic carbocycles. The Morgan fingerprint density at radius 1 is 1.23 bits per heavy atom. The van der Waals surface area contributed by atoms with Gasteiger partial charge in [-0.25, -0.2) is 4.68 Å². The van der Waals surface area contributed by atoms with E-state index in [-0.39, 0.29) is 11.7 Å². The van der Waals surface area contributed by atoms with Crippen molar-refractivity contribution in [2.75, 3.05) is 16.4 Å². The van der Waals surface area contributed by atoms with Gasteiger partial charge in [0.25, 0.3) is 5.91 Å². The Morgan fingerprint density at radius 3 is 2.71 bits per heavy atom. The van der Waals surface area contributed by atoms with Crippen LogP contribution in [0.5, 0.6) is 5.75 Å². The number of amides is 1. The van der Waals surface area contributed by atoms with Crippen molar-refractivity contribution in [1.29, 1.82) is 0 Å². The van der Waals surface area contributed by atoms with E-state index in [2.05, 4.69) is 27.6 Å². The maximum absolute atomic E-state index is 13.4. The number of phenolic OH excluding ortho intramolecular Hbond substituents is 1. The molecule has 1 aliphatic heterocycles. The Morgan fingerprint density at radius 2 is 2.00 bits per heavy atom. The number of benzene rings is 2. The van der Waals surface area contributed by atoms with Crippen molar-refractivity contribution >= 4 is 29.3 Å². The second kappa shape index (κ2) is 8.85. The van der Waals surface area contributed by atoms with E-state index in [9.17, 15) is 9.90 Å². The summed E-state index contributed by atoms with van der Waals surface area (Å²) in [6.07, 6.45) is 1.02. The number of thioether (sulfide) groups is 1. The molecule has 0 spiro atoms. The van der Waals surface area contributed by atoms with Gasteiger partial charge in [0.1, 0.15) is 11.8 Å². The predicted molar refractivity (Wildman–Crippen MR) is 123 cm³/mol. The van der Waals surface area contributed by atoms with Gasteiger partial charge in [-0.2, -0.15) is 4.98 Å². The molecule has 31 heavy (non-hydrogen) atoms. The summed E-state index contributed by atoms with van der Waals surface area (Å²) in [6, 6.07) is 14.1. The van der Waals surface area contributed by atoms with Crippen LogP contribution in [0.2, 0.25) is 0 Å². The number of fused-ring (bicyclic) bond motifs is 1. The Labute approximate surface area is 185 Å². The maximum atomic E-state index is 13.4. The molecule has 1 unspecified atom stereocenters. The largest absolute Gasteiger partial charge is 0.508 e. The van der Waals surface area contributed by atoms with Crippen LogP contribution in [0.4, 0.5) is 11.6 Å². The Balaban J connectivity index is 1.75. The van der Waals surface area contributed by atoms with Gasteiger partial charge >= 0.3 is 0 Å². The zero-order chi connectivity index (χ0) is 22.0. The van der Waals surface area contributed by atoms with Gasteiger partial charge in [0, 0.05) is 17.1 Å². The minimum absolute atomic E-state index is 0.169. The Bertz CT molecular complexity index is 1140. The zero-order valence-electron chi connectivity index (χ0n) is 17.7. The highest BCUT2D eigenvalue weighted by Crippen LogP contribution is 2.37. The molecule has 1 amide bonds. The number of hydrogen-bond acceptors (Lipinski definition) is 6. The molecule has 1 atom stereocenters. The van der Waals surface area contributed by atoms with Crippen LogP contribution in [0.25, 0.3) is 0 Å². The average molecular weight is 436 g/mol. The van der Waals surface area contributed by atoms with Crippen molar-refractivity contribution in [3.8, 4) is 5.75 Å². The lowest BCUT2D eigenvalue weighted by Gasteiger charge is -2.28. The van der Waals surface area contributed by atoms with Crippen molar-refractivity contribution in [3.63, 3.8) is 0 Å². The number of carbonyl (C=O) groups excluding carboxylic acids is 1. The number of allylic oxidation sites excluding steroid dienone is 1. The summed E-state index contributed by atoms with van der Waals surface area (Å²) in [5, 5.41) is 21.4. The van der Waals surface area contributed by atoms with Crippen LogP contribution in [-0.2, 0) is 4.79 Å². The van der Waals surface area contributed by atoms with Crippen molar-refractivity contribution < 1.29 is 9.90 Å². The van der Waals surface area contributed by atoms with Gasteiger partial charge in [-0.1, -0.05) is 43.0 Å². The predicted octanol–water partition coefficient (Wildman–Crippen LogP) is 4.72. The number of phenols is 1. The molecule has 0 saturated heterocycles. The Kier molecular flexibility index (Phi) is 5.99. The van der Waals surface area contributed by atoms with E-state index in [1.807, 2.05) is 50.2 Å². The maximum Gasteiger partial charge on any atom is 0.255 e. The molecule has 0 fully saturated rings. The van der Waals surface area contributed by atoms with E-state index in [0.29, 0.717) is 16.7 Å². The quantitative estimate of drug-likeness (QED) is 0.485. The molecule has 1 aromatic heterocycles. The summed E-state index contributed by atoms with van der Waals surface area (Å²) in [6.45, 7) is 5.97. The summed E-state index contributed by atoms with van der Waals surface area (Å²) in [5.41, 5.74) is 3.91. The lowest BCUT2D eigenvalue weighted by Crippen LogP contribution is -2.31. The molecule has 8 heteroatoms. The van der Waals surface area contributed by atoms with Gasteiger partial charge in [-0.3, -0.25) is 4.79 Å². The van der Waals surface area contributed by atoms with Gasteiger partial charge in [0.05, 0.1) is 5.57 Å². The van der Waals surface area contributed by atoms with E-state index < -0.39 is 6.04 Å². The fraction of sp³-hybridized carbons (Fsp3) is 0.261. The number of carbonyl (C=O) groups is 1. The van der Waals surface area contributed by atoms with Crippen LogP contribution in [0, 0.1) is 6.92 Å². The normalized spacial score (nSPS) is 15.4. The van der Waals surface area contributed by atoms with E-state index >= 15 is 0 Å². The number of anilines is 2. The number of aryl methyl sites for hydroxylation is 1. The molecule has 0 saturated carbocycles. The minimum atomic E-state index is -0.467. The van der Waals surface area contributed by atoms with E-state index in [4.69, 9.17) is 0 Å². The van der Waals surface area contributed by atoms with E-state index in [0.717, 1.165) is 34.7 Å². The van der Waals surface area contributed by atoms with Gasteiger partial charge in [0.15, 0.2) is 0 Å². The average Bonchev–Trinajstić information content (AvgIpc) is 3.14. The van der Waals surface area contributed by atoms with Crippen LogP contribution in [0.3, 0.4) is 0 Å². The summed E-state index contributed by atoms with van der Waals surface area (Å²) < 4.78 is 1.75. The summed E-state index contributed by atoms with van der Waals surface area (Å²) in [7, 11) is 0. The van der Waals surface area contributed by atoms with E-state index in [1.54, 1.807) is 28.6 Å². The lowest BCUT2D eigenvalue weighted by molar-refractivity contribution is -0.113. The number of hydrogen-bond donors (Lipinski definition) is 3. The standard InChI is InChI=1S/C23H25N5O2S/c1-4-12-31-23-26-22-24-15(3)19(21(30)25-17-7-5-6-14(2)13-17)20(28(22)27-23)16-8-10-18(29)11-9-16/h5-11,13,20,29H,4,12H2,1-3H3,(H,25,30)(H,24,26,27). The highest BCUT2D eigenvalue weighted by atomic mass is 32.2. The third-order valence-corrected chi connectivity index (χ3v) is 6.04. The lowest BCUT2D eigenvalue weighted by atomic mass is 9.95. The minimum Gasteiger partial charge on any atom is -0.508 e. The fourth-order valence-corrected chi connectivity index (χ4v) is 4.25.